The summed E-state index contributed by atoms with van der Waals surface area (Å²) in [6, 6.07) is 0.580. The zero-order valence-corrected chi connectivity index (χ0v) is 13.8. The molecule has 0 aromatic rings. The molecule has 1 aliphatic heterocycles. The molecule has 20 heavy (non-hydrogen) atoms. The van der Waals surface area contributed by atoms with E-state index in [1.807, 2.05) is 0 Å². The number of hydrogen-bond acceptors (Lipinski definition) is 4. The van der Waals surface area contributed by atoms with E-state index < -0.39 is 0 Å². The normalized spacial score (nSPS) is 20.2. The molecule has 0 saturated carbocycles. The Hall–Kier alpha value is -0.160. The topological polar surface area (TPSA) is 44.7 Å². The first-order valence-corrected chi connectivity index (χ1v) is 8.15. The van der Waals surface area contributed by atoms with Gasteiger partial charge in [-0.15, -0.1) is 0 Å². The highest BCUT2D eigenvalue weighted by molar-refractivity contribution is 4.82. The van der Waals surface area contributed by atoms with Gasteiger partial charge < -0.3 is 20.1 Å². The average Bonchev–Trinajstić information content (AvgIpc) is 2.41. The van der Waals surface area contributed by atoms with E-state index in [2.05, 4.69) is 37.9 Å². The standard InChI is InChI=1S/C16H34N2O2/c1-5-17-15(16(2,3)4)8-11-18-9-6-14(7-10-18)20-13-12-19/h14-15,17,19H,5-13H2,1-4H3. The van der Waals surface area contributed by atoms with Gasteiger partial charge in [-0.3, -0.25) is 0 Å². The maximum Gasteiger partial charge on any atom is 0.0701 e. The fourth-order valence-corrected chi connectivity index (χ4v) is 2.92. The Kier molecular flexibility index (Phi) is 8.03. The molecular weight excluding hydrogens is 252 g/mol. The molecule has 0 radical (unpaired) electrons. The highest BCUT2D eigenvalue weighted by atomic mass is 16.5. The lowest BCUT2D eigenvalue weighted by Crippen LogP contribution is -2.44. The zero-order chi connectivity index (χ0) is 15.0. The van der Waals surface area contributed by atoms with Gasteiger partial charge in [0.2, 0.25) is 0 Å². The minimum absolute atomic E-state index is 0.135. The minimum atomic E-state index is 0.135. The van der Waals surface area contributed by atoms with Gasteiger partial charge in [-0.25, -0.2) is 0 Å². The van der Waals surface area contributed by atoms with Crippen LogP contribution < -0.4 is 5.32 Å². The number of nitrogens with one attached hydrogen (secondary N) is 1. The maximum absolute atomic E-state index is 8.78. The third-order valence-electron chi connectivity index (χ3n) is 4.21. The summed E-state index contributed by atoms with van der Waals surface area (Å²) < 4.78 is 5.61. The summed E-state index contributed by atoms with van der Waals surface area (Å²) in [6.07, 6.45) is 3.76. The molecular formula is C16H34N2O2. The second-order valence-electron chi connectivity index (χ2n) is 6.90. The number of ether oxygens (including phenoxy) is 1. The van der Waals surface area contributed by atoms with Crippen LogP contribution in [0.2, 0.25) is 0 Å². The number of likely N-dealkylation sites (tertiary alicyclic amines) is 1. The summed E-state index contributed by atoms with van der Waals surface area (Å²) in [5, 5.41) is 12.4. The van der Waals surface area contributed by atoms with Crippen LogP contribution in [0.4, 0.5) is 0 Å². The number of rotatable bonds is 8. The highest BCUT2D eigenvalue weighted by Crippen LogP contribution is 2.23. The van der Waals surface area contributed by atoms with E-state index in [9.17, 15) is 0 Å². The van der Waals surface area contributed by atoms with Crippen LogP contribution in [0.25, 0.3) is 0 Å². The molecule has 1 atom stereocenters. The van der Waals surface area contributed by atoms with Crippen molar-refractivity contribution in [3.05, 3.63) is 0 Å². The molecule has 2 N–H and O–H groups in total. The smallest absolute Gasteiger partial charge is 0.0701 e. The monoisotopic (exact) mass is 286 g/mol. The lowest BCUT2D eigenvalue weighted by molar-refractivity contribution is -0.00865. The summed E-state index contributed by atoms with van der Waals surface area (Å²) in [6.45, 7) is 14.2. The lowest BCUT2D eigenvalue weighted by atomic mass is 9.84. The third-order valence-corrected chi connectivity index (χ3v) is 4.21. The van der Waals surface area contributed by atoms with Crippen LogP contribution in [0.1, 0.15) is 47.0 Å². The van der Waals surface area contributed by atoms with Crippen LogP contribution in [-0.2, 0) is 4.74 Å². The molecule has 4 nitrogen and oxygen atoms in total. The summed E-state index contributed by atoms with van der Waals surface area (Å²) in [5.74, 6) is 0. The van der Waals surface area contributed by atoms with Crippen molar-refractivity contribution in [2.45, 2.75) is 59.1 Å². The molecule has 120 valence electrons. The summed E-state index contributed by atoms with van der Waals surface area (Å²) in [7, 11) is 0. The third kappa shape index (κ3) is 6.53. The van der Waals surface area contributed by atoms with Crippen LogP contribution in [0.5, 0.6) is 0 Å². The molecule has 1 aliphatic rings. The molecule has 0 aromatic carbocycles. The fourth-order valence-electron chi connectivity index (χ4n) is 2.92. The first kappa shape index (κ1) is 17.9. The Morgan fingerprint density at radius 2 is 1.95 bits per heavy atom. The number of aliphatic hydroxyl groups excluding tert-OH is 1. The average molecular weight is 286 g/mol. The van der Waals surface area contributed by atoms with E-state index in [0.29, 0.717) is 24.2 Å². The van der Waals surface area contributed by atoms with Gasteiger partial charge in [0.05, 0.1) is 19.3 Å². The first-order chi connectivity index (χ1) is 9.47. The first-order valence-electron chi connectivity index (χ1n) is 8.15. The molecule has 0 spiro atoms. The number of hydrogen-bond donors (Lipinski definition) is 2. The molecule has 1 fully saturated rings. The zero-order valence-electron chi connectivity index (χ0n) is 13.8. The Labute approximate surface area is 124 Å². The Morgan fingerprint density at radius 3 is 2.45 bits per heavy atom. The van der Waals surface area contributed by atoms with Gasteiger partial charge in [0.25, 0.3) is 0 Å². The predicted octanol–water partition coefficient (Wildman–Crippen LogP) is 1.87. The van der Waals surface area contributed by atoms with E-state index in [-0.39, 0.29) is 6.61 Å². The van der Waals surface area contributed by atoms with Gasteiger partial charge in [0.15, 0.2) is 0 Å². The van der Waals surface area contributed by atoms with E-state index >= 15 is 0 Å². The summed E-state index contributed by atoms with van der Waals surface area (Å²) in [4.78, 5) is 2.55. The largest absolute Gasteiger partial charge is 0.394 e. The van der Waals surface area contributed by atoms with E-state index in [1.165, 1.54) is 13.0 Å². The summed E-state index contributed by atoms with van der Waals surface area (Å²) in [5.41, 5.74) is 0.318. The number of piperidine rings is 1. The van der Waals surface area contributed by atoms with Gasteiger partial charge in [-0.1, -0.05) is 27.7 Å². The molecule has 0 bridgehead atoms. The van der Waals surface area contributed by atoms with Gasteiger partial charge in [0.1, 0.15) is 0 Å². The number of nitrogens with zero attached hydrogens (tertiary/aromatic N) is 1. The second-order valence-corrected chi connectivity index (χ2v) is 6.90. The lowest BCUT2D eigenvalue weighted by Gasteiger charge is -2.36. The molecule has 1 unspecified atom stereocenters. The Bertz CT molecular complexity index is 245. The molecule has 0 aromatic heterocycles. The molecule has 0 aliphatic carbocycles. The van der Waals surface area contributed by atoms with Gasteiger partial charge >= 0.3 is 0 Å². The maximum atomic E-state index is 8.78. The van der Waals surface area contributed by atoms with Crippen molar-refractivity contribution in [3.63, 3.8) is 0 Å². The van der Waals surface area contributed by atoms with Crippen molar-refractivity contribution in [2.24, 2.45) is 5.41 Å². The SMILES string of the molecule is CCNC(CCN1CCC(OCCO)CC1)C(C)(C)C. The Morgan fingerprint density at radius 1 is 1.30 bits per heavy atom. The van der Waals surface area contributed by atoms with E-state index in [4.69, 9.17) is 9.84 Å². The molecule has 1 saturated heterocycles. The Balaban J connectivity index is 2.25. The van der Waals surface area contributed by atoms with Crippen LogP contribution in [0.15, 0.2) is 0 Å². The second kappa shape index (κ2) is 8.98. The van der Waals surface area contributed by atoms with Crippen LogP contribution in [0.3, 0.4) is 0 Å². The van der Waals surface area contributed by atoms with Crippen molar-refractivity contribution in [2.75, 3.05) is 39.4 Å². The van der Waals surface area contributed by atoms with Crippen molar-refractivity contribution in [1.82, 2.24) is 10.2 Å². The van der Waals surface area contributed by atoms with E-state index in [0.717, 1.165) is 32.5 Å². The quantitative estimate of drug-likeness (QED) is 0.715. The van der Waals surface area contributed by atoms with Crippen LogP contribution in [-0.4, -0.2) is 61.5 Å². The van der Waals surface area contributed by atoms with Crippen LogP contribution in [0, 0.1) is 5.41 Å². The van der Waals surface area contributed by atoms with Gasteiger partial charge in [-0.05, 0) is 37.8 Å². The predicted molar refractivity (Wildman–Crippen MR) is 84.0 cm³/mol. The molecule has 4 heteroatoms. The molecule has 1 heterocycles. The molecule has 1 rings (SSSR count). The minimum Gasteiger partial charge on any atom is -0.394 e. The van der Waals surface area contributed by atoms with E-state index in [1.54, 1.807) is 0 Å². The summed E-state index contributed by atoms with van der Waals surface area (Å²) >= 11 is 0. The van der Waals surface area contributed by atoms with Crippen molar-refractivity contribution in [3.8, 4) is 0 Å². The fraction of sp³-hybridized carbons (Fsp3) is 1.00. The molecule has 0 amide bonds. The van der Waals surface area contributed by atoms with Crippen LogP contribution >= 0.6 is 0 Å². The van der Waals surface area contributed by atoms with Crippen molar-refractivity contribution >= 4 is 0 Å². The van der Waals surface area contributed by atoms with Crippen molar-refractivity contribution < 1.29 is 9.84 Å². The number of aliphatic hydroxyl groups is 1. The van der Waals surface area contributed by atoms with Gasteiger partial charge in [-0.2, -0.15) is 0 Å². The van der Waals surface area contributed by atoms with Crippen molar-refractivity contribution in [1.29, 1.82) is 0 Å². The highest BCUT2D eigenvalue weighted by Gasteiger charge is 2.25. The van der Waals surface area contributed by atoms with Gasteiger partial charge in [0, 0.05) is 19.1 Å².